The summed E-state index contributed by atoms with van der Waals surface area (Å²) in [6.07, 6.45) is 0.753. The van der Waals surface area contributed by atoms with Gasteiger partial charge < -0.3 is 10.1 Å². The lowest BCUT2D eigenvalue weighted by atomic mass is 10.2. The number of amides is 1. The highest BCUT2D eigenvalue weighted by atomic mass is 79.9. The Morgan fingerprint density at radius 2 is 1.77 bits per heavy atom. The van der Waals surface area contributed by atoms with Crippen LogP contribution in [0.25, 0.3) is 0 Å². The number of hydrogen-bond donors (Lipinski definition) is 1. The molecule has 6 heteroatoms. The Kier molecular flexibility index (Phi) is 5.74. The number of carbonyl (C=O) groups is 2. The molecule has 0 aliphatic rings. The average molecular weight is 427 g/mol. The topological polar surface area (TPSA) is 55.4 Å². The first-order valence-corrected chi connectivity index (χ1v) is 8.01. The Hall–Kier alpha value is -1.66. The van der Waals surface area contributed by atoms with E-state index >= 15 is 0 Å². The molecule has 0 atom stereocenters. The van der Waals surface area contributed by atoms with Gasteiger partial charge in [-0.25, -0.2) is 0 Å². The largest absolute Gasteiger partial charge is 0.484 e. The summed E-state index contributed by atoms with van der Waals surface area (Å²) in [6.45, 7) is 1.85. The molecule has 22 heavy (non-hydrogen) atoms. The lowest BCUT2D eigenvalue weighted by Gasteiger charge is -2.11. The third kappa shape index (κ3) is 4.42. The summed E-state index contributed by atoms with van der Waals surface area (Å²) in [7, 11) is 0. The minimum absolute atomic E-state index is 0.118. The number of carbonyl (C=O) groups excluding carboxylic acids is 2. The molecule has 0 saturated heterocycles. The van der Waals surface area contributed by atoms with Crippen LogP contribution < -0.4 is 10.1 Å². The highest BCUT2D eigenvalue weighted by Crippen LogP contribution is 2.32. The number of aldehydes is 1. The van der Waals surface area contributed by atoms with Crippen LogP contribution in [0.15, 0.2) is 45.3 Å². The van der Waals surface area contributed by atoms with Crippen LogP contribution in [0.5, 0.6) is 5.75 Å². The summed E-state index contributed by atoms with van der Waals surface area (Å²) in [6, 6.07) is 10.4. The number of aryl methyl sites for hydroxylation is 1. The predicted molar refractivity (Wildman–Crippen MR) is 92.5 cm³/mol. The van der Waals surface area contributed by atoms with E-state index in [9.17, 15) is 9.59 Å². The molecule has 2 rings (SSSR count). The first-order chi connectivity index (χ1) is 10.5. The Balaban J connectivity index is 1.97. The summed E-state index contributed by atoms with van der Waals surface area (Å²) < 4.78 is 6.97. The van der Waals surface area contributed by atoms with Crippen LogP contribution in [0.1, 0.15) is 15.9 Å². The molecule has 114 valence electrons. The zero-order valence-electron chi connectivity index (χ0n) is 11.7. The molecule has 1 N–H and O–H groups in total. The zero-order valence-corrected chi connectivity index (χ0v) is 14.9. The van der Waals surface area contributed by atoms with E-state index in [1.807, 2.05) is 19.1 Å². The minimum Gasteiger partial charge on any atom is -0.484 e. The second-order valence-electron chi connectivity index (χ2n) is 4.63. The maximum atomic E-state index is 12.0. The molecule has 2 aromatic carbocycles. The maximum absolute atomic E-state index is 12.0. The summed E-state index contributed by atoms with van der Waals surface area (Å²) in [4.78, 5) is 22.5. The summed E-state index contributed by atoms with van der Waals surface area (Å²) >= 11 is 6.84. The molecule has 2 aromatic rings. The molecule has 0 saturated carbocycles. The smallest absolute Gasteiger partial charge is 0.262 e. The Bertz CT molecular complexity index is 676. The van der Waals surface area contributed by atoms with Gasteiger partial charge in [0.25, 0.3) is 5.91 Å². The second-order valence-corrected chi connectivity index (χ2v) is 6.34. The van der Waals surface area contributed by atoms with E-state index in [-0.39, 0.29) is 12.5 Å². The number of ether oxygens (including phenoxy) is 1. The van der Waals surface area contributed by atoms with Gasteiger partial charge in [-0.15, -0.1) is 0 Å². The molecule has 0 spiro atoms. The van der Waals surface area contributed by atoms with Gasteiger partial charge >= 0.3 is 0 Å². The molecule has 0 unspecified atom stereocenters. The van der Waals surface area contributed by atoms with Crippen molar-refractivity contribution in [2.24, 2.45) is 0 Å². The van der Waals surface area contributed by atoms with E-state index in [0.717, 1.165) is 20.8 Å². The summed E-state index contributed by atoms with van der Waals surface area (Å²) in [5.74, 6) is 0.257. The quantitative estimate of drug-likeness (QED) is 0.723. The fourth-order valence-corrected chi connectivity index (χ4v) is 3.40. The number of halogens is 2. The molecule has 0 heterocycles. The molecule has 4 nitrogen and oxygen atoms in total. The average Bonchev–Trinajstić information content (AvgIpc) is 2.49. The van der Waals surface area contributed by atoms with Gasteiger partial charge in [-0.1, -0.05) is 0 Å². The molecule has 1 amide bonds. The van der Waals surface area contributed by atoms with Crippen molar-refractivity contribution in [2.75, 3.05) is 11.9 Å². The van der Waals surface area contributed by atoms with Crippen LogP contribution in [0.3, 0.4) is 0 Å². The monoisotopic (exact) mass is 425 g/mol. The lowest BCUT2D eigenvalue weighted by Crippen LogP contribution is -2.20. The van der Waals surface area contributed by atoms with E-state index in [1.54, 1.807) is 24.3 Å². The highest BCUT2D eigenvalue weighted by Gasteiger charge is 2.10. The molecular formula is C16H13Br2NO3. The first kappa shape index (κ1) is 16.7. The van der Waals surface area contributed by atoms with Gasteiger partial charge in [0.15, 0.2) is 6.61 Å². The van der Waals surface area contributed by atoms with Crippen LogP contribution in [-0.4, -0.2) is 18.8 Å². The molecule has 0 bridgehead atoms. The van der Waals surface area contributed by atoms with Gasteiger partial charge in [-0.05, 0) is 80.7 Å². The van der Waals surface area contributed by atoms with Crippen LogP contribution in [0.2, 0.25) is 0 Å². The zero-order chi connectivity index (χ0) is 16.1. The van der Waals surface area contributed by atoms with Gasteiger partial charge in [-0.2, -0.15) is 0 Å². The predicted octanol–water partition coefficient (Wildman–Crippen LogP) is 4.35. The van der Waals surface area contributed by atoms with Crippen molar-refractivity contribution in [3.8, 4) is 5.75 Å². The maximum Gasteiger partial charge on any atom is 0.262 e. The lowest BCUT2D eigenvalue weighted by molar-refractivity contribution is -0.118. The van der Waals surface area contributed by atoms with Crippen molar-refractivity contribution in [2.45, 2.75) is 6.92 Å². The van der Waals surface area contributed by atoms with E-state index in [0.29, 0.717) is 17.0 Å². The van der Waals surface area contributed by atoms with E-state index in [2.05, 4.69) is 37.2 Å². The van der Waals surface area contributed by atoms with Gasteiger partial charge in [0.05, 0.1) is 5.69 Å². The molecular weight excluding hydrogens is 414 g/mol. The van der Waals surface area contributed by atoms with Crippen molar-refractivity contribution < 1.29 is 14.3 Å². The van der Waals surface area contributed by atoms with Crippen molar-refractivity contribution in [3.05, 3.63) is 56.5 Å². The molecule has 0 aliphatic heterocycles. The first-order valence-electron chi connectivity index (χ1n) is 6.43. The number of rotatable bonds is 5. The highest BCUT2D eigenvalue weighted by molar-refractivity contribution is 9.11. The Morgan fingerprint density at radius 3 is 2.32 bits per heavy atom. The van der Waals surface area contributed by atoms with Crippen molar-refractivity contribution in [1.82, 2.24) is 0 Å². The van der Waals surface area contributed by atoms with E-state index < -0.39 is 0 Å². The SMILES string of the molecule is Cc1cc(Br)c(NC(=O)COc2ccc(C=O)cc2)c(Br)c1. The summed E-state index contributed by atoms with van der Waals surface area (Å²) in [5, 5.41) is 2.78. The number of nitrogens with one attached hydrogen (secondary N) is 1. The molecule has 0 fully saturated rings. The Morgan fingerprint density at radius 1 is 1.18 bits per heavy atom. The van der Waals surface area contributed by atoms with Gasteiger partial charge in [0.2, 0.25) is 0 Å². The van der Waals surface area contributed by atoms with Gasteiger partial charge in [0.1, 0.15) is 12.0 Å². The van der Waals surface area contributed by atoms with Crippen molar-refractivity contribution in [3.63, 3.8) is 0 Å². The molecule has 0 aliphatic carbocycles. The number of anilines is 1. The van der Waals surface area contributed by atoms with E-state index in [4.69, 9.17) is 4.74 Å². The van der Waals surface area contributed by atoms with Crippen LogP contribution in [0.4, 0.5) is 5.69 Å². The fourth-order valence-electron chi connectivity index (χ4n) is 1.79. The van der Waals surface area contributed by atoms with E-state index in [1.165, 1.54) is 0 Å². The third-order valence-corrected chi connectivity index (χ3v) is 4.09. The second kappa shape index (κ2) is 7.56. The molecule has 0 aromatic heterocycles. The standard InChI is InChI=1S/C16H13Br2NO3/c1-10-6-13(17)16(14(18)7-10)19-15(21)9-22-12-4-2-11(8-20)3-5-12/h2-8H,9H2,1H3,(H,19,21). The van der Waals surface area contributed by atoms with Crippen LogP contribution >= 0.6 is 31.9 Å². The molecule has 0 radical (unpaired) electrons. The fraction of sp³-hybridized carbons (Fsp3) is 0.125. The number of benzene rings is 2. The Labute approximate surface area is 145 Å². The number of hydrogen-bond acceptors (Lipinski definition) is 3. The summed E-state index contributed by atoms with van der Waals surface area (Å²) in [5.41, 5.74) is 2.29. The van der Waals surface area contributed by atoms with Crippen LogP contribution in [-0.2, 0) is 4.79 Å². The third-order valence-electron chi connectivity index (χ3n) is 2.84. The minimum atomic E-state index is -0.273. The van der Waals surface area contributed by atoms with Crippen LogP contribution in [0, 0.1) is 6.92 Å². The van der Waals surface area contributed by atoms with Crippen molar-refractivity contribution in [1.29, 1.82) is 0 Å². The van der Waals surface area contributed by atoms with Crippen molar-refractivity contribution >= 4 is 49.7 Å². The normalized spacial score (nSPS) is 10.1. The van der Waals surface area contributed by atoms with Gasteiger partial charge in [0, 0.05) is 14.5 Å². The van der Waals surface area contributed by atoms with Gasteiger partial charge in [-0.3, -0.25) is 9.59 Å².